The first kappa shape index (κ1) is 20.4. The number of carbonyl (C=O) groups excluding carboxylic acids is 1. The molecule has 2 aromatic heterocycles. The first-order valence-electron chi connectivity index (χ1n) is 8.08. The van der Waals surface area contributed by atoms with Gasteiger partial charge in [-0.3, -0.25) is 9.78 Å². The van der Waals surface area contributed by atoms with Gasteiger partial charge in [-0.25, -0.2) is 18.8 Å². The van der Waals surface area contributed by atoms with E-state index in [0.29, 0.717) is 23.9 Å². The second-order valence-corrected chi connectivity index (χ2v) is 7.79. The standard InChI is InChI=1S/C18H13F3N4O3S/c19-18(20,21)13-5-6-17(23-10-13)29(27,28)11-16(26)25-24-9-12-7-8-22-15-4-2-1-3-14(12)15/h1-10H,11H2,(H,25,26). The number of alkyl halides is 3. The van der Waals surface area contributed by atoms with Crippen molar-refractivity contribution in [3.05, 3.63) is 66.0 Å². The van der Waals surface area contributed by atoms with Crippen molar-refractivity contribution in [3.63, 3.8) is 0 Å². The highest BCUT2D eigenvalue weighted by Crippen LogP contribution is 2.28. The first-order valence-corrected chi connectivity index (χ1v) is 9.74. The summed E-state index contributed by atoms with van der Waals surface area (Å²) in [5, 5.41) is 3.88. The summed E-state index contributed by atoms with van der Waals surface area (Å²) in [7, 11) is -4.23. The molecule has 0 radical (unpaired) electrons. The lowest BCUT2D eigenvalue weighted by atomic mass is 10.1. The smallest absolute Gasteiger partial charge is 0.272 e. The molecule has 0 fully saturated rings. The van der Waals surface area contributed by atoms with Gasteiger partial charge in [0, 0.05) is 23.3 Å². The van der Waals surface area contributed by atoms with Crippen LogP contribution in [-0.2, 0) is 20.8 Å². The van der Waals surface area contributed by atoms with Crippen LogP contribution >= 0.6 is 0 Å². The summed E-state index contributed by atoms with van der Waals surface area (Å²) in [5.41, 5.74) is 2.37. The van der Waals surface area contributed by atoms with Crippen LogP contribution in [0.1, 0.15) is 11.1 Å². The molecule has 3 aromatic rings. The predicted molar refractivity (Wildman–Crippen MR) is 98.8 cm³/mol. The SMILES string of the molecule is O=C(CS(=O)(=O)c1ccc(C(F)(F)F)cn1)NN=Cc1ccnc2ccccc12. The van der Waals surface area contributed by atoms with Crippen LogP contribution in [-0.4, -0.2) is 36.3 Å². The molecule has 0 bridgehead atoms. The third-order valence-electron chi connectivity index (χ3n) is 3.78. The molecule has 2 heterocycles. The van der Waals surface area contributed by atoms with Gasteiger partial charge in [-0.1, -0.05) is 18.2 Å². The normalized spacial score (nSPS) is 12.4. The number of nitrogens with one attached hydrogen (secondary N) is 1. The number of hydrazone groups is 1. The summed E-state index contributed by atoms with van der Waals surface area (Å²) >= 11 is 0. The Morgan fingerprint density at radius 3 is 2.55 bits per heavy atom. The monoisotopic (exact) mass is 422 g/mol. The van der Waals surface area contributed by atoms with Crippen LogP contribution in [0.15, 0.2) is 65.0 Å². The molecule has 0 saturated heterocycles. The van der Waals surface area contributed by atoms with Gasteiger partial charge in [0.25, 0.3) is 5.91 Å². The van der Waals surface area contributed by atoms with Gasteiger partial charge < -0.3 is 0 Å². The average Bonchev–Trinajstić information content (AvgIpc) is 2.67. The van der Waals surface area contributed by atoms with Crippen molar-refractivity contribution >= 4 is 32.9 Å². The van der Waals surface area contributed by atoms with Crippen LogP contribution in [0.25, 0.3) is 10.9 Å². The summed E-state index contributed by atoms with van der Waals surface area (Å²) in [6.45, 7) is 0. The van der Waals surface area contributed by atoms with E-state index in [0.717, 1.165) is 10.9 Å². The molecule has 11 heteroatoms. The number of benzene rings is 1. The van der Waals surface area contributed by atoms with Crippen LogP contribution < -0.4 is 5.43 Å². The van der Waals surface area contributed by atoms with E-state index in [9.17, 15) is 26.4 Å². The number of aromatic nitrogens is 2. The molecule has 0 unspecified atom stereocenters. The molecule has 1 amide bonds. The van der Waals surface area contributed by atoms with Crippen molar-refractivity contribution in [3.8, 4) is 0 Å². The topological polar surface area (TPSA) is 101 Å². The van der Waals surface area contributed by atoms with Crippen LogP contribution in [0.2, 0.25) is 0 Å². The van der Waals surface area contributed by atoms with Crippen molar-refractivity contribution in [2.75, 3.05) is 5.75 Å². The van der Waals surface area contributed by atoms with Gasteiger partial charge in [-0.05, 0) is 24.3 Å². The molecule has 150 valence electrons. The lowest BCUT2D eigenvalue weighted by Gasteiger charge is -2.07. The van der Waals surface area contributed by atoms with E-state index in [1.165, 1.54) is 6.21 Å². The van der Waals surface area contributed by atoms with E-state index in [4.69, 9.17) is 0 Å². The lowest BCUT2D eigenvalue weighted by molar-refractivity contribution is -0.137. The number of carbonyl (C=O) groups is 1. The molecule has 0 aliphatic carbocycles. The molecule has 3 rings (SSSR count). The fraction of sp³-hybridized carbons (Fsp3) is 0.111. The zero-order valence-corrected chi connectivity index (χ0v) is 15.4. The Hall–Kier alpha value is -3.34. The van der Waals surface area contributed by atoms with Crippen LogP contribution in [0, 0.1) is 0 Å². The van der Waals surface area contributed by atoms with E-state index in [1.807, 2.05) is 18.2 Å². The molecular weight excluding hydrogens is 409 g/mol. The Balaban J connectivity index is 1.67. The number of para-hydroxylation sites is 1. The summed E-state index contributed by atoms with van der Waals surface area (Å²) < 4.78 is 61.9. The minimum atomic E-state index is -4.64. The minimum Gasteiger partial charge on any atom is -0.272 e. The Morgan fingerprint density at radius 2 is 1.86 bits per heavy atom. The van der Waals surface area contributed by atoms with Gasteiger partial charge in [0.15, 0.2) is 5.03 Å². The molecule has 0 aliphatic rings. The Labute approximate surface area is 163 Å². The quantitative estimate of drug-likeness (QED) is 0.503. The molecule has 1 N–H and O–H groups in total. The first-order chi connectivity index (χ1) is 13.7. The molecule has 0 atom stereocenters. The van der Waals surface area contributed by atoms with Crippen molar-refractivity contribution in [1.29, 1.82) is 0 Å². The fourth-order valence-corrected chi connectivity index (χ4v) is 3.46. The van der Waals surface area contributed by atoms with Crippen molar-refractivity contribution in [2.24, 2.45) is 5.10 Å². The van der Waals surface area contributed by atoms with E-state index in [-0.39, 0.29) is 0 Å². The van der Waals surface area contributed by atoms with E-state index >= 15 is 0 Å². The number of fused-ring (bicyclic) bond motifs is 1. The number of pyridine rings is 2. The summed E-state index contributed by atoms with van der Waals surface area (Å²) in [6.07, 6.45) is -1.34. The molecule has 7 nitrogen and oxygen atoms in total. The summed E-state index contributed by atoms with van der Waals surface area (Å²) in [4.78, 5) is 19.4. The number of hydrogen-bond donors (Lipinski definition) is 1. The molecule has 29 heavy (non-hydrogen) atoms. The zero-order chi connectivity index (χ0) is 21.1. The van der Waals surface area contributed by atoms with E-state index < -0.39 is 38.3 Å². The molecular formula is C18H13F3N4O3S. The number of rotatable bonds is 5. The third-order valence-corrected chi connectivity index (χ3v) is 5.30. The van der Waals surface area contributed by atoms with Crippen LogP contribution in [0.5, 0.6) is 0 Å². The van der Waals surface area contributed by atoms with E-state index in [2.05, 4.69) is 20.5 Å². The molecule has 0 spiro atoms. The van der Waals surface area contributed by atoms with Crippen LogP contribution in [0.3, 0.4) is 0 Å². The Kier molecular flexibility index (Phi) is 5.59. The van der Waals surface area contributed by atoms with Gasteiger partial charge in [0.1, 0.15) is 5.75 Å². The molecule has 1 aromatic carbocycles. The predicted octanol–water partition coefficient (Wildman–Crippen LogP) is 2.57. The van der Waals surface area contributed by atoms with Gasteiger partial charge in [-0.15, -0.1) is 0 Å². The Morgan fingerprint density at radius 1 is 1.10 bits per heavy atom. The van der Waals surface area contributed by atoms with Crippen molar-refractivity contribution in [2.45, 2.75) is 11.2 Å². The fourth-order valence-electron chi connectivity index (χ4n) is 2.42. The van der Waals surface area contributed by atoms with E-state index in [1.54, 1.807) is 18.3 Å². The number of amides is 1. The maximum absolute atomic E-state index is 12.5. The lowest BCUT2D eigenvalue weighted by Crippen LogP contribution is -2.27. The number of sulfone groups is 1. The number of nitrogens with zero attached hydrogens (tertiary/aromatic N) is 3. The largest absolute Gasteiger partial charge is 0.417 e. The third kappa shape index (κ3) is 4.93. The number of hydrogen-bond acceptors (Lipinski definition) is 6. The van der Waals surface area contributed by atoms with Crippen molar-refractivity contribution in [1.82, 2.24) is 15.4 Å². The van der Waals surface area contributed by atoms with Crippen molar-refractivity contribution < 1.29 is 26.4 Å². The summed E-state index contributed by atoms with van der Waals surface area (Å²) in [5.74, 6) is -1.97. The average molecular weight is 422 g/mol. The maximum Gasteiger partial charge on any atom is 0.417 e. The minimum absolute atomic E-state index is 0.400. The van der Waals surface area contributed by atoms with Gasteiger partial charge in [0.05, 0.1) is 17.3 Å². The molecule has 0 saturated carbocycles. The number of halogens is 3. The highest BCUT2D eigenvalue weighted by atomic mass is 32.2. The van der Waals surface area contributed by atoms with Crippen LogP contribution in [0.4, 0.5) is 13.2 Å². The van der Waals surface area contributed by atoms with Gasteiger partial charge in [-0.2, -0.15) is 18.3 Å². The van der Waals surface area contributed by atoms with Gasteiger partial charge in [0.2, 0.25) is 9.84 Å². The maximum atomic E-state index is 12.5. The summed E-state index contributed by atoms with van der Waals surface area (Å²) in [6, 6.07) is 10.2. The highest BCUT2D eigenvalue weighted by Gasteiger charge is 2.31. The van der Waals surface area contributed by atoms with Gasteiger partial charge >= 0.3 is 6.18 Å². The second kappa shape index (κ2) is 7.95. The second-order valence-electron chi connectivity index (χ2n) is 5.85. The highest BCUT2D eigenvalue weighted by molar-refractivity contribution is 7.92. The molecule has 0 aliphatic heterocycles. The Bertz CT molecular complexity index is 1170. The zero-order valence-electron chi connectivity index (χ0n) is 14.6.